The van der Waals surface area contributed by atoms with Crippen LogP contribution in [0.15, 0.2) is 34.9 Å². The SMILES string of the molecule is O=C(O)c1cc(I)cn1-c1ccc(Br)c(F)c1. The Morgan fingerprint density at radius 1 is 1.41 bits per heavy atom. The summed E-state index contributed by atoms with van der Waals surface area (Å²) < 4.78 is 16.0. The van der Waals surface area contributed by atoms with Gasteiger partial charge < -0.3 is 9.67 Å². The first-order valence-electron chi connectivity index (χ1n) is 4.55. The average molecular weight is 410 g/mol. The van der Waals surface area contributed by atoms with Crippen molar-refractivity contribution in [3.05, 3.63) is 50.0 Å². The van der Waals surface area contributed by atoms with Crippen LogP contribution in [0, 0.1) is 9.39 Å². The molecule has 1 aromatic heterocycles. The maximum absolute atomic E-state index is 13.4. The van der Waals surface area contributed by atoms with E-state index in [0.29, 0.717) is 10.2 Å². The molecule has 0 unspecified atom stereocenters. The third-order valence-corrected chi connectivity index (χ3v) is 3.42. The smallest absolute Gasteiger partial charge is 0.352 e. The molecule has 0 aliphatic heterocycles. The molecule has 0 radical (unpaired) electrons. The predicted molar refractivity (Wildman–Crippen MR) is 73.1 cm³/mol. The number of hydrogen-bond donors (Lipinski definition) is 1. The van der Waals surface area contributed by atoms with Crippen LogP contribution in [0.3, 0.4) is 0 Å². The van der Waals surface area contributed by atoms with Gasteiger partial charge in [-0.15, -0.1) is 0 Å². The quantitative estimate of drug-likeness (QED) is 0.769. The van der Waals surface area contributed by atoms with Gasteiger partial charge >= 0.3 is 5.97 Å². The van der Waals surface area contributed by atoms with E-state index >= 15 is 0 Å². The lowest BCUT2D eigenvalue weighted by atomic mass is 10.3. The average Bonchev–Trinajstić information content (AvgIpc) is 2.64. The van der Waals surface area contributed by atoms with Gasteiger partial charge in [0.1, 0.15) is 11.5 Å². The van der Waals surface area contributed by atoms with Gasteiger partial charge in [-0.3, -0.25) is 0 Å². The molecule has 3 nitrogen and oxygen atoms in total. The van der Waals surface area contributed by atoms with E-state index in [1.165, 1.54) is 16.7 Å². The first kappa shape index (κ1) is 12.6. The molecular formula is C11H6BrFINO2. The van der Waals surface area contributed by atoms with Crippen LogP contribution < -0.4 is 0 Å². The van der Waals surface area contributed by atoms with Gasteiger partial charge in [-0.2, -0.15) is 0 Å². The van der Waals surface area contributed by atoms with Gasteiger partial charge in [-0.05, 0) is 62.8 Å². The van der Waals surface area contributed by atoms with Gasteiger partial charge in [-0.25, -0.2) is 9.18 Å². The largest absolute Gasteiger partial charge is 0.477 e. The van der Waals surface area contributed by atoms with Crippen molar-refractivity contribution in [3.8, 4) is 5.69 Å². The van der Waals surface area contributed by atoms with Gasteiger partial charge in [0.15, 0.2) is 0 Å². The van der Waals surface area contributed by atoms with Crippen molar-refractivity contribution in [1.29, 1.82) is 0 Å². The maximum atomic E-state index is 13.4. The molecule has 17 heavy (non-hydrogen) atoms. The van der Waals surface area contributed by atoms with E-state index in [-0.39, 0.29) is 5.69 Å². The molecule has 0 aliphatic carbocycles. The van der Waals surface area contributed by atoms with Crippen LogP contribution >= 0.6 is 38.5 Å². The van der Waals surface area contributed by atoms with E-state index in [2.05, 4.69) is 15.9 Å². The van der Waals surface area contributed by atoms with Gasteiger partial charge in [0, 0.05) is 15.5 Å². The molecule has 0 saturated heterocycles. The number of carboxylic acid groups (broad SMARTS) is 1. The highest BCUT2D eigenvalue weighted by Gasteiger charge is 2.13. The second kappa shape index (κ2) is 4.77. The van der Waals surface area contributed by atoms with Gasteiger partial charge in [-0.1, -0.05) is 0 Å². The molecule has 1 aromatic carbocycles. The summed E-state index contributed by atoms with van der Waals surface area (Å²) in [6, 6.07) is 6.01. The molecule has 0 aliphatic rings. The fraction of sp³-hybridized carbons (Fsp3) is 0. The number of nitrogens with zero attached hydrogens (tertiary/aromatic N) is 1. The first-order valence-corrected chi connectivity index (χ1v) is 6.43. The summed E-state index contributed by atoms with van der Waals surface area (Å²) in [6.07, 6.45) is 1.65. The number of hydrogen-bond acceptors (Lipinski definition) is 1. The fourth-order valence-corrected chi connectivity index (χ4v) is 2.26. The van der Waals surface area contributed by atoms with Crippen molar-refractivity contribution < 1.29 is 14.3 Å². The van der Waals surface area contributed by atoms with E-state index in [4.69, 9.17) is 5.11 Å². The lowest BCUT2D eigenvalue weighted by Gasteiger charge is -2.06. The molecule has 0 fully saturated rings. The highest BCUT2D eigenvalue weighted by Crippen LogP contribution is 2.22. The minimum Gasteiger partial charge on any atom is -0.477 e. The summed E-state index contributed by atoms with van der Waals surface area (Å²) in [4.78, 5) is 11.0. The summed E-state index contributed by atoms with van der Waals surface area (Å²) in [7, 11) is 0. The summed E-state index contributed by atoms with van der Waals surface area (Å²) in [5, 5.41) is 9.04. The normalized spacial score (nSPS) is 10.5. The van der Waals surface area contributed by atoms with Crippen molar-refractivity contribution in [1.82, 2.24) is 4.57 Å². The monoisotopic (exact) mass is 409 g/mol. The summed E-state index contributed by atoms with van der Waals surface area (Å²) in [5.41, 5.74) is 0.585. The van der Waals surface area contributed by atoms with Crippen LogP contribution in [0.2, 0.25) is 0 Å². The third-order valence-electron chi connectivity index (χ3n) is 2.19. The van der Waals surface area contributed by atoms with Crippen molar-refractivity contribution in [3.63, 3.8) is 0 Å². The summed E-state index contributed by atoms with van der Waals surface area (Å²) in [6.45, 7) is 0. The number of benzene rings is 1. The van der Waals surface area contributed by atoms with E-state index in [1.807, 2.05) is 22.6 Å². The van der Waals surface area contributed by atoms with Crippen LogP contribution in [0.5, 0.6) is 0 Å². The molecule has 0 amide bonds. The number of carboxylic acids is 1. The fourth-order valence-electron chi connectivity index (χ4n) is 1.44. The zero-order valence-electron chi connectivity index (χ0n) is 8.32. The highest BCUT2D eigenvalue weighted by molar-refractivity contribution is 14.1. The minimum absolute atomic E-state index is 0.108. The Morgan fingerprint density at radius 3 is 2.71 bits per heavy atom. The van der Waals surface area contributed by atoms with Crippen LogP contribution in [0.1, 0.15) is 10.5 Å². The Bertz CT molecular complexity index is 597. The zero-order valence-corrected chi connectivity index (χ0v) is 12.1. The summed E-state index contributed by atoms with van der Waals surface area (Å²) in [5.74, 6) is -1.47. The Morgan fingerprint density at radius 2 is 2.12 bits per heavy atom. The third kappa shape index (κ3) is 2.52. The topological polar surface area (TPSA) is 42.2 Å². The van der Waals surface area contributed by atoms with Crippen LogP contribution in [0.25, 0.3) is 5.69 Å². The Kier molecular flexibility index (Phi) is 3.53. The van der Waals surface area contributed by atoms with Crippen LogP contribution in [-0.4, -0.2) is 15.6 Å². The van der Waals surface area contributed by atoms with Crippen LogP contribution in [-0.2, 0) is 0 Å². The molecule has 2 rings (SSSR count). The Labute approximate surface area is 119 Å². The minimum atomic E-state index is -1.05. The van der Waals surface area contributed by atoms with Crippen LogP contribution in [0.4, 0.5) is 4.39 Å². The molecule has 6 heteroatoms. The number of rotatable bonds is 2. The van der Waals surface area contributed by atoms with E-state index < -0.39 is 11.8 Å². The summed E-state index contributed by atoms with van der Waals surface area (Å²) >= 11 is 5.07. The van der Waals surface area contributed by atoms with E-state index in [9.17, 15) is 9.18 Å². The van der Waals surface area contributed by atoms with Gasteiger partial charge in [0.05, 0.1) is 4.47 Å². The molecule has 88 valence electrons. The Hall–Kier alpha value is -0.890. The molecule has 0 atom stereocenters. The molecule has 0 bridgehead atoms. The predicted octanol–water partition coefficient (Wildman–Crippen LogP) is 3.68. The van der Waals surface area contributed by atoms with Gasteiger partial charge in [0.2, 0.25) is 0 Å². The zero-order chi connectivity index (χ0) is 12.6. The second-order valence-electron chi connectivity index (χ2n) is 3.32. The Balaban J connectivity index is 2.59. The molecule has 0 spiro atoms. The number of carbonyl (C=O) groups is 1. The van der Waals surface area contributed by atoms with Gasteiger partial charge in [0.25, 0.3) is 0 Å². The van der Waals surface area contributed by atoms with Crippen molar-refractivity contribution in [2.24, 2.45) is 0 Å². The lowest BCUT2D eigenvalue weighted by Crippen LogP contribution is -2.05. The lowest BCUT2D eigenvalue weighted by molar-refractivity contribution is 0.0688. The molecule has 1 N–H and O–H groups in total. The van der Waals surface area contributed by atoms with Crippen molar-refractivity contribution >= 4 is 44.5 Å². The number of aromatic carboxylic acids is 1. The standard InChI is InChI=1S/C11H6BrFINO2/c12-8-2-1-7(4-9(8)13)15-5-6(14)3-10(15)11(16)17/h1-5H,(H,16,17). The number of halogens is 3. The number of aromatic nitrogens is 1. The molecule has 2 aromatic rings. The highest BCUT2D eigenvalue weighted by atomic mass is 127. The molecule has 0 saturated carbocycles. The van der Waals surface area contributed by atoms with Crippen molar-refractivity contribution in [2.75, 3.05) is 0 Å². The first-order chi connectivity index (χ1) is 7.99. The second-order valence-corrected chi connectivity index (χ2v) is 5.42. The van der Waals surface area contributed by atoms with E-state index in [1.54, 1.807) is 18.3 Å². The molecular weight excluding hydrogens is 404 g/mol. The van der Waals surface area contributed by atoms with Crippen molar-refractivity contribution in [2.45, 2.75) is 0 Å². The molecule has 1 heterocycles. The maximum Gasteiger partial charge on any atom is 0.352 e. The van der Waals surface area contributed by atoms with E-state index in [0.717, 1.165) is 3.57 Å².